The number of carbonyl (C=O) groups is 1. The smallest absolute Gasteiger partial charge is 0.254 e. The number of rotatable bonds is 5. The van der Waals surface area contributed by atoms with E-state index in [-0.39, 0.29) is 11.7 Å². The van der Waals surface area contributed by atoms with Crippen molar-refractivity contribution in [1.29, 1.82) is 0 Å². The van der Waals surface area contributed by atoms with Crippen molar-refractivity contribution in [3.8, 4) is 22.8 Å². The molecule has 1 fully saturated rings. The van der Waals surface area contributed by atoms with E-state index in [0.29, 0.717) is 43.2 Å². The average molecular weight is 428 g/mol. The van der Waals surface area contributed by atoms with Gasteiger partial charge in [0.1, 0.15) is 5.82 Å². The Morgan fingerprint density at radius 3 is 2.37 bits per heavy atom. The number of carbonyl (C=O) groups excluding carboxylic acids is 1. The Hall–Kier alpha value is -3.13. The number of benzene rings is 2. The molecule has 1 saturated heterocycles. The average Bonchev–Trinajstić information content (AvgIpc) is 3.29. The molecule has 0 aliphatic carbocycles. The molecule has 1 amide bonds. The Morgan fingerprint density at radius 1 is 1.00 bits per heavy atom. The van der Waals surface area contributed by atoms with Crippen molar-refractivity contribution < 1.29 is 18.7 Å². The second-order valence-corrected chi connectivity index (χ2v) is 7.71. The van der Waals surface area contributed by atoms with Crippen molar-refractivity contribution in [2.75, 3.05) is 45.3 Å². The zero-order chi connectivity index (χ0) is 21.1. The third-order valence-corrected chi connectivity index (χ3v) is 6.00. The SMILES string of the molecule is COc1ccc(C(=O)N2CCN(c3nc(-c4ccc(F)cc4)cs3)CC2)cc1OC. The summed E-state index contributed by atoms with van der Waals surface area (Å²) in [5, 5.41) is 2.89. The fourth-order valence-corrected chi connectivity index (χ4v) is 4.30. The summed E-state index contributed by atoms with van der Waals surface area (Å²) in [7, 11) is 3.12. The number of ether oxygens (including phenoxy) is 2. The summed E-state index contributed by atoms with van der Waals surface area (Å²) >= 11 is 1.56. The Kier molecular flexibility index (Phi) is 5.85. The Balaban J connectivity index is 1.40. The molecule has 3 aromatic rings. The first-order valence-corrected chi connectivity index (χ1v) is 10.4. The number of nitrogens with zero attached hydrogens (tertiary/aromatic N) is 3. The standard InChI is InChI=1S/C22H22FN3O3S/c1-28-19-8-5-16(13-20(19)29-2)21(27)25-9-11-26(12-10-25)22-24-18(14-30-22)15-3-6-17(23)7-4-15/h3-8,13-14H,9-12H2,1-2H3. The largest absolute Gasteiger partial charge is 0.493 e. The van der Waals surface area contributed by atoms with E-state index in [0.717, 1.165) is 16.4 Å². The van der Waals surface area contributed by atoms with Crippen molar-refractivity contribution >= 4 is 22.4 Å². The molecule has 30 heavy (non-hydrogen) atoms. The third kappa shape index (κ3) is 4.09. The zero-order valence-electron chi connectivity index (χ0n) is 16.8. The summed E-state index contributed by atoms with van der Waals surface area (Å²) in [6.45, 7) is 2.63. The van der Waals surface area contributed by atoms with Crippen LogP contribution in [0, 0.1) is 5.82 Å². The van der Waals surface area contributed by atoms with Crippen LogP contribution in [0.2, 0.25) is 0 Å². The highest BCUT2D eigenvalue weighted by Gasteiger charge is 2.24. The molecule has 4 rings (SSSR count). The highest BCUT2D eigenvalue weighted by Crippen LogP contribution is 2.30. The first-order valence-electron chi connectivity index (χ1n) is 9.57. The summed E-state index contributed by atoms with van der Waals surface area (Å²) in [5.41, 5.74) is 2.30. The number of thiazole rings is 1. The van der Waals surface area contributed by atoms with E-state index in [1.807, 2.05) is 10.3 Å². The van der Waals surface area contributed by atoms with Crippen LogP contribution in [0.25, 0.3) is 11.3 Å². The lowest BCUT2D eigenvalue weighted by Gasteiger charge is -2.34. The molecule has 2 aromatic carbocycles. The number of hydrogen-bond donors (Lipinski definition) is 0. The maximum atomic E-state index is 13.1. The van der Waals surface area contributed by atoms with Crippen LogP contribution >= 0.6 is 11.3 Å². The first kappa shape index (κ1) is 20.2. The highest BCUT2D eigenvalue weighted by molar-refractivity contribution is 7.14. The van der Waals surface area contributed by atoms with Crippen LogP contribution in [0.1, 0.15) is 10.4 Å². The van der Waals surface area contributed by atoms with Crippen LogP contribution in [0.5, 0.6) is 11.5 Å². The van der Waals surface area contributed by atoms with Crippen LogP contribution in [-0.4, -0.2) is 56.2 Å². The fourth-order valence-electron chi connectivity index (χ4n) is 3.42. The highest BCUT2D eigenvalue weighted by atomic mass is 32.1. The summed E-state index contributed by atoms with van der Waals surface area (Å²) in [4.78, 5) is 21.6. The van der Waals surface area contributed by atoms with Crippen LogP contribution in [-0.2, 0) is 0 Å². The van der Waals surface area contributed by atoms with Crippen LogP contribution in [0.4, 0.5) is 9.52 Å². The normalized spacial score (nSPS) is 14.0. The van der Waals surface area contributed by atoms with E-state index in [4.69, 9.17) is 14.5 Å². The number of anilines is 1. The lowest BCUT2D eigenvalue weighted by atomic mass is 10.1. The Bertz CT molecular complexity index is 1030. The molecule has 0 unspecified atom stereocenters. The van der Waals surface area contributed by atoms with Crippen LogP contribution in [0.15, 0.2) is 47.8 Å². The van der Waals surface area contributed by atoms with Gasteiger partial charge in [0.25, 0.3) is 5.91 Å². The molecule has 2 heterocycles. The molecule has 1 aromatic heterocycles. The summed E-state index contributed by atoms with van der Waals surface area (Å²) in [6, 6.07) is 11.5. The van der Waals surface area contributed by atoms with E-state index < -0.39 is 0 Å². The Morgan fingerprint density at radius 2 is 1.70 bits per heavy atom. The minimum atomic E-state index is -0.260. The molecule has 0 spiro atoms. The van der Waals surface area contributed by atoms with E-state index in [1.165, 1.54) is 12.1 Å². The molecular formula is C22H22FN3O3S. The number of piperazine rings is 1. The number of methoxy groups -OCH3 is 2. The molecule has 1 aliphatic rings. The molecule has 0 bridgehead atoms. The second kappa shape index (κ2) is 8.71. The van der Waals surface area contributed by atoms with Gasteiger partial charge in [-0.2, -0.15) is 0 Å². The summed E-state index contributed by atoms with van der Waals surface area (Å²) < 4.78 is 23.7. The van der Waals surface area contributed by atoms with Crippen molar-refractivity contribution in [1.82, 2.24) is 9.88 Å². The van der Waals surface area contributed by atoms with Gasteiger partial charge in [-0.25, -0.2) is 9.37 Å². The lowest BCUT2D eigenvalue weighted by molar-refractivity contribution is 0.0746. The maximum absolute atomic E-state index is 13.1. The zero-order valence-corrected chi connectivity index (χ0v) is 17.6. The van der Waals surface area contributed by atoms with E-state index in [2.05, 4.69) is 4.90 Å². The van der Waals surface area contributed by atoms with Crippen molar-refractivity contribution in [2.45, 2.75) is 0 Å². The minimum absolute atomic E-state index is 0.0262. The predicted molar refractivity (Wildman–Crippen MR) is 115 cm³/mol. The van der Waals surface area contributed by atoms with Gasteiger partial charge >= 0.3 is 0 Å². The van der Waals surface area contributed by atoms with Crippen molar-refractivity contribution in [2.24, 2.45) is 0 Å². The van der Waals surface area contributed by atoms with Gasteiger partial charge in [-0.15, -0.1) is 11.3 Å². The van der Waals surface area contributed by atoms with E-state index >= 15 is 0 Å². The number of halogens is 1. The van der Waals surface area contributed by atoms with Gasteiger partial charge in [0.05, 0.1) is 19.9 Å². The Labute approximate surface area is 178 Å². The number of aromatic nitrogens is 1. The molecule has 0 N–H and O–H groups in total. The van der Waals surface area contributed by atoms with Crippen LogP contribution < -0.4 is 14.4 Å². The maximum Gasteiger partial charge on any atom is 0.254 e. The van der Waals surface area contributed by atoms with Gasteiger partial charge in [-0.05, 0) is 42.5 Å². The monoisotopic (exact) mass is 427 g/mol. The molecule has 156 valence electrons. The van der Waals surface area contributed by atoms with Gasteiger partial charge < -0.3 is 19.3 Å². The van der Waals surface area contributed by atoms with E-state index in [9.17, 15) is 9.18 Å². The minimum Gasteiger partial charge on any atom is -0.493 e. The molecule has 0 saturated carbocycles. The van der Waals surface area contributed by atoms with Crippen LogP contribution in [0.3, 0.4) is 0 Å². The molecule has 1 aliphatic heterocycles. The lowest BCUT2D eigenvalue weighted by Crippen LogP contribution is -2.48. The predicted octanol–water partition coefficient (Wildman–Crippen LogP) is 3.93. The quantitative estimate of drug-likeness (QED) is 0.618. The van der Waals surface area contributed by atoms with Gasteiger partial charge in [0.2, 0.25) is 0 Å². The van der Waals surface area contributed by atoms with Crippen molar-refractivity contribution in [3.05, 3.63) is 59.2 Å². The summed E-state index contributed by atoms with van der Waals surface area (Å²) in [5.74, 6) is 0.851. The molecule has 6 nitrogen and oxygen atoms in total. The van der Waals surface area contributed by atoms with E-state index in [1.54, 1.807) is 55.9 Å². The molecular weight excluding hydrogens is 405 g/mol. The van der Waals surface area contributed by atoms with Gasteiger partial charge in [0, 0.05) is 42.7 Å². The molecule has 0 atom stereocenters. The second-order valence-electron chi connectivity index (χ2n) is 6.87. The van der Waals surface area contributed by atoms with Gasteiger partial charge in [0.15, 0.2) is 16.6 Å². The number of hydrogen-bond acceptors (Lipinski definition) is 6. The van der Waals surface area contributed by atoms with Gasteiger partial charge in [-0.1, -0.05) is 0 Å². The molecule has 8 heteroatoms. The third-order valence-electron chi connectivity index (χ3n) is 5.10. The first-order chi connectivity index (χ1) is 14.6. The number of amides is 1. The summed E-state index contributed by atoms with van der Waals surface area (Å²) in [6.07, 6.45) is 0. The van der Waals surface area contributed by atoms with Gasteiger partial charge in [-0.3, -0.25) is 4.79 Å². The molecule has 0 radical (unpaired) electrons. The van der Waals surface area contributed by atoms with Crippen molar-refractivity contribution in [3.63, 3.8) is 0 Å². The topological polar surface area (TPSA) is 54.9 Å². The fraction of sp³-hybridized carbons (Fsp3) is 0.273.